The van der Waals surface area contributed by atoms with Crippen LogP contribution in [0.4, 0.5) is 11.6 Å². The van der Waals surface area contributed by atoms with E-state index in [-0.39, 0.29) is 18.3 Å². The molecule has 27 heavy (non-hydrogen) atoms. The van der Waals surface area contributed by atoms with Gasteiger partial charge in [0.25, 0.3) is 0 Å². The van der Waals surface area contributed by atoms with E-state index in [1.54, 1.807) is 14.0 Å². The molecule has 1 aromatic carbocycles. The second-order valence-corrected chi connectivity index (χ2v) is 6.61. The van der Waals surface area contributed by atoms with E-state index in [9.17, 15) is 10.1 Å². The van der Waals surface area contributed by atoms with Crippen molar-refractivity contribution in [2.75, 3.05) is 50.1 Å². The van der Waals surface area contributed by atoms with E-state index in [1.165, 1.54) is 0 Å². The Kier molecular flexibility index (Phi) is 5.67. The van der Waals surface area contributed by atoms with Gasteiger partial charge in [0.1, 0.15) is 23.1 Å². The molecule has 1 N–H and O–H groups in total. The molecule has 3 rings (SSSR count). The molecule has 2 heterocycles. The fraction of sp³-hybridized carbons (Fsp3) is 0.400. The van der Waals surface area contributed by atoms with Crippen molar-refractivity contribution in [2.45, 2.75) is 13.8 Å². The Morgan fingerprint density at radius 1 is 1.30 bits per heavy atom. The number of aryl methyl sites for hydroxylation is 1. The first-order valence-electron chi connectivity index (χ1n) is 8.93. The summed E-state index contributed by atoms with van der Waals surface area (Å²) in [6.45, 7) is 7.10. The van der Waals surface area contributed by atoms with Crippen molar-refractivity contribution in [3.8, 4) is 11.8 Å². The summed E-state index contributed by atoms with van der Waals surface area (Å²) in [6, 6.07) is 10.1. The van der Waals surface area contributed by atoms with Gasteiger partial charge in [0.2, 0.25) is 11.8 Å². The molecule has 1 amide bonds. The number of hydrogen-bond donors (Lipinski definition) is 1. The SMILES string of the molecule is COc1cccc(N2CCN(CC(=O)Nc3oc(C)c(C)c3C#N)CC2)c1. The van der Waals surface area contributed by atoms with Gasteiger partial charge in [-0.25, -0.2) is 0 Å². The van der Waals surface area contributed by atoms with Crippen LogP contribution >= 0.6 is 0 Å². The lowest BCUT2D eigenvalue weighted by atomic mass is 10.2. The first-order valence-corrected chi connectivity index (χ1v) is 8.93. The molecule has 2 aromatic rings. The zero-order valence-electron chi connectivity index (χ0n) is 15.9. The van der Waals surface area contributed by atoms with Gasteiger partial charge in [-0.2, -0.15) is 5.26 Å². The number of anilines is 2. The highest BCUT2D eigenvalue weighted by atomic mass is 16.5. The van der Waals surface area contributed by atoms with Crippen LogP contribution in [-0.4, -0.2) is 50.6 Å². The number of hydrogen-bond acceptors (Lipinski definition) is 6. The van der Waals surface area contributed by atoms with Gasteiger partial charge in [-0.05, 0) is 26.0 Å². The summed E-state index contributed by atoms with van der Waals surface area (Å²) in [5.41, 5.74) is 2.28. The van der Waals surface area contributed by atoms with Crippen molar-refractivity contribution < 1.29 is 13.9 Å². The number of amides is 1. The molecule has 0 atom stereocenters. The Morgan fingerprint density at radius 2 is 2.04 bits per heavy atom. The van der Waals surface area contributed by atoms with Crippen LogP contribution in [0.3, 0.4) is 0 Å². The van der Waals surface area contributed by atoms with Gasteiger partial charge in [-0.1, -0.05) is 6.07 Å². The summed E-state index contributed by atoms with van der Waals surface area (Å²) in [6.07, 6.45) is 0. The van der Waals surface area contributed by atoms with Gasteiger partial charge in [-0.15, -0.1) is 0 Å². The highest BCUT2D eigenvalue weighted by Crippen LogP contribution is 2.25. The fourth-order valence-corrected chi connectivity index (χ4v) is 3.19. The van der Waals surface area contributed by atoms with Crippen LogP contribution < -0.4 is 15.0 Å². The molecular weight excluding hydrogens is 344 g/mol. The minimum Gasteiger partial charge on any atom is -0.497 e. The van der Waals surface area contributed by atoms with Gasteiger partial charge in [-0.3, -0.25) is 15.0 Å². The molecule has 142 valence electrons. The van der Waals surface area contributed by atoms with Crippen molar-refractivity contribution in [3.05, 3.63) is 41.2 Å². The van der Waals surface area contributed by atoms with Gasteiger partial charge in [0.05, 0.1) is 13.7 Å². The Bertz CT molecular complexity index is 861. The Morgan fingerprint density at radius 3 is 2.70 bits per heavy atom. The molecule has 7 nitrogen and oxygen atoms in total. The maximum Gasteiger partial charge on any atom is 0.240 e. The van der Waals surface area contributed by atoms with E-state index < -0.39 is 0 Å². The topological polar surface area (TPSA) is 81.7 Å². The average Bonchev–Trinajstić information content (AvgIpc) is 2.95. The average molecular weight is 368 g/mol. The second kappa shape index (κ2) is 8.14. The minimum atomic E-state index is -0.171. The van der Waals surface area contributed by atoms with Crippen LogP contribution in [0.15, 0.2) is 28.7 Å². The molecule has 1 saturated heterocycles. The number of carbonyl (C=O) groups is 1. The van der Waals surface area contributed by atoms with Crippen LogP contribution in [0.1, 0.15) is 16.9 Å². The summed E-state index contributed by atoms with van der Waals surface area (Å²) in [7, 11) is 1.66. The van der Waals surface area contributed by atoms with E-state index in [1.807, 2.05) is 25.1 Å². The maximum atomic E-state index is 12.4. The number of nitriles is 1. The number of nitrogens with one attached hydrogen (secondary N) is 1. The maximum absolute atomic E-state index is 12.4. The van der Waals surface area contributed by atoms with Crippen LogP contribution in [0.2, 0.25) is 0 Å². The van der Waals surface area contributed by atoms with Gasteiger partial charge >= 0.3 is 0 Å². The van der Waals surface area contributed by atoms with E-state index >= 15 is 0 Å². The Labute approximate surface area is 159 Å². The largest absolute Gasteiger partial charge is 0.497 e. The van der Waals surface area contributed by atoms with E-state index in [4.69, 9.17) is 9.15 Å². The van der Waals surface area contributed by atoms with Gasteiger partial charge in [0, 0.05) is 43.5 Å². The molecule has 0 bridgehead atoms. The first kappa shape index (κ1) is 18.8. The predicted molar refractivity (Wildman–Crippen MR) is 103 cm³/mol. The third-order valence-corrected chi connectivity index (χ3v) is 4.91. The van der Waals surface area contributed by atoms with E-state index in [0.717, 1.165) is 43.2 Å². The van der Waals surface area contributed by atoms with Gasteiger partial charge in [0.15, 0.2) is 0 Å². The number of piperazine rings is 1. The zero-order valence-corrected chi connectivity index (χ0v) is 15.9. The molecule has 1 fully saturated rings. The number of furan rings is 1. The van der Waals surface area contributed by atoms with E-state index in [2.05, 4.69) is 27.3 Å². The molecular formula is C20H24N4O3. The van der Waals surface area contributed by atoms with Crippen molar-refractivity contribution in [2.24, 2.45) is 0 Å². The zero-order chi connectivity index (χ0) is 19.4. The van der Waals surface area contributed by atoms with Crippen molar-refractivity contribution >= 4 is 17.5 Å². The smallest absolute Gasteiger partial charge is 0.240 e. The van der Waals surface area contributed by atoms with Crippen LogP contribution in [0.25, 0.3) is 0 Å². The van der Waals surface area contributed by atoms with E-state index in [0.29, 0.717) is 11.3 Å². The molecule has 1 aromatic heterocycles. The number of benzene rings is 1. The summed E-state index contributed by atoms with van der Waals surface area (Å²) in [5.74, 6) is 1.56. The van der Waals surface area contributed by atoms with Crippen LogP contribution in [-0.2, 0) is 4.79 Å². The lowest BCUT2D eigenvalue weighted by Gasteiger charge is -2.35. The highest BCUT2D eigenvalue weighted by Gasteiger charge is 2.21. The summed E-state index contributed by atoms with van der Waals surface area (Å²) < 4.78 is 10.8. The molecule has 0 spiro atoms. The molecule has 0 saturated carbocycles. The molecule has 1 aliphatic rings. The highest BCUT2D eigenvalue weighted by molar-refractivity contribution is 5.92. The Balaban J connectivity index is 1.54. The molecule has 0 aliphatic carbocycles. The molecule has 0 unspecified atom stereocenters. The molecule has 0 radical (unpaired) electrons. The first-order chi connectivity index (χ1) is 13.0. The number of ether oxygens (including phenoxy) is 1. The number of rotatable bonds is 5. The van der Waals surface area contributed by atoms with Crippen LogP contribution in [0.5, 0.6) is 5.75 Å². The third kappa shape index (κ3) is 4.23. The standard InChI is InChI=1S/C20H24N4O3/c1-14-15(2)27-20(18(14)12-21)22-19(25)13-23-7-9-24(10-8-23)16-5-4-6-17(11-16)26-3/h4-6,11H,7-10,13H2,1-3H3,(H,22,25). The minimum absolute atomic E-state index is 0.171. The summed E-state index contributed by atoms with van der Waals surface area (Å²) >= 11 is 0. The lowest BCUT2D eigenvalue weighted by Crippen LogP contribution is -2.48. The monoisotopic (exact) mass is 368 g/mol. The third-order valence-electron chi connectivity index (χ3n) is 4.91. The van der Waals surface area contributed by atoms with Crippen LogP contribution in [0, 0.1) is 25.2 Å². The predicted octanol–water partition coefficient (Wildman–Crippen LogP) is 2.54. The lowest BCUT2D eigenvalue weighted by molar-refractivity contribution is -0.117. The van der Waals surface area contributed by atoms with Gasteiger partial charge < -0.3 is 14.1 Å². The van der Waals surface area contributed by atoms with Crippen molar-refractivity contribution in [3.63, 3.8) is 0 Å². The molecule has 7 heteroatoms. The number of nitrogens with zero attached hydrogens (tertiary/aromatic N) is 3. The number of carbonyl (C=O) groups excluding carboxylic acids is 1. The van der Waals surface area contributed by atoms with Crippen molar-refractivity contribution in [1.82, 2.24) is 4.90 Å². The second-order valence-electron chi connectivity index (χ2n) is 6.61. The quantitative estimate of drug-likeness (QED) is 0.873. The molecule has 1 aliphatic heterocycles. The Hall–Kier alpha value is -2.98. The van der Waals surface area contributed by atoms with Crippen molar-refractivity contribution in [1.29, 1.82) is 5.26 Å². The normalized spacial score (nSPS) is 14.7. The summed E-state index contributed by atoms with van der Waals surface area (Å²) in [5, 5.41) is 12.0. The fourth-order valence-electron chi connectivity index (χ4n) is 3.19. The summed E-state index contributed by atoms with van der Waals surface area (Å²) in [4.78, 5) is 16.7. The number of methoxy groups -OCH3 is 1.